The first-order valence-corrected chi connectivity index (χ1v) is 5.58. The normalized spacial score (nSPS) is 18.9. The van der Waals surface area contributed by atoms with E-state index in [-0.39, 0.29) is 17.6 Å². The van der Waals surface area contributed by atoms with E-state index in [0.717, 1.165) is 0 Å². The molecule has 1 aliphatic heterocycles. The van der Waals surface area contributed by atoms with Gasteiger partial charge in [-0.1, -0.05) is 17.3 Å². The first kappa shape index (κ1) is 10.9. The number of aromatic nitrogens is 2. The highest BCUT2D eigenvalue weighted by Gasteiger charge is 2.28. The summed E-state index contributed by atoms with van der Waals surface area (Å²) >= 11 is 0. The molecule has 1 saturated heterocycles. The molecule has 1 aromatic heterocycles. The monoisotopic (exact) mass is 247 g/mol. The van der Waals surface area contributed by atoms with Crippen molar-refractivity contribution < 1.29 is 13.7 Å². The van der Waals surface area contributed by atoms with Gasteiger partial charge >= 0.3 is 0 Å². The molecule has 1 amide bonds. The van der Waals surface area contributed by atoms with E-state index in [1.807, 2.05) is 0 Å². The summed E-state index contributed by atoms with van der Waals surface area (Å²) in [6.07, 6.45) is 0.352. The van der Waals surface area contributed by atoms with Crippen molar-refractivity contribution in [1.29, 1.82) is 0 Å². The number of carbonyl (C=O) groups excluding carboxylic acids is 1. The predicted octanol–water partition coefficient (Wildman–Crippen LogP) is 1.48. The number of hydrogen-bond donors (Lipinski definition) is 1. The molecule has 1 atom stereocenters. The van der Waals surface area contributed by atoms with Crippen LogP contribution in [0.3, 0.4) is 0 Å². The zero-order chi connectivity index (χ0) is 12.5. The van der Waals surface area contributed by atoms with E-state index >= 15 is 0 Å². The summed E-state index contributed by atoms with van der Waals surface area (Å²) in [4.78, 5) is 15.3. The van der Waals surface area contributed by atoms with Crippen LogP contribution in [0, 0.1) is 5.82 Å². The van der Waals surface area contributed by atoms with Crippen molar-refractivity contribution >= 4 is 5.91 Å². The van der Waals surface area contributed by atoms with Crippen LogP contribution in [0.4, 0.5) is 4.39 Å². The fourth-order valence-corrected chi connectivity index (χ4v) is 1.93. The molecule has 2 aromatic rings. The molecule has 3 rings (SSSR count). The van der Waals surface area contributed by atoms with Gasteiger partial charge in [0.15, 0.2) is 0 Å². The Morgan fingerprint density at radius 2 is 2.33 bits per heavy atom. The highest BCUT2D eigenvalue weighted by atomic mass is 19.1. The van der Waals surface area contributed by atoms with Crippen molar-refractivity contribution in [2.24, 2.45) is 0 Å². The number of hydrogen-bond acceptors (Lipinski definition) is 4. The van der Waals surface area contributed by atoms with Crippen LogP contribution in [0.25, 0.3) is 11.4 Å². The van der Waals surface area contributed by atoms with Crippen molar-refractivity contribution in [1.82, 2.24) is 15.5 Å². The number of carbonyl (C=O) groups is 1. The van der Waals surface area contributed by atoms with Gasteiger partial charge < -0.3 is 9.84 Å². The van der Waals surface area contributed by atoms with E-state index in [9.17, 15) is 9.18 Å². The van der Waals surface area contributed by atoms with Crippen LogP contribution >= 0.6 is 0 Å². The Morgan fingerprint density at radius 1 is 1.44 bits per heavy atom. The lowest BCUT2D eigenvalue weighted by molar-refractivity contribution is -0.119. The maximum absolute atomic E-state index is 13.1. The van der Waals surface area contributed by atoms with Gasteiger partial charge in [0.25, 0.3) is 0 Å². The lowest BCUT2D eigenvalue weighted by Crippen LogP contribution is -2.13. The second-order valence-electron chi connectivity index (χ2n) is 4.17. The van der Waals surface area contributed by atoms with Crippen molar-refractivity contribution in [3.8, 4) is 11.4 Å². The topological polar surface area (TPSA) is 68.0 Å². The van der Waals surface area contributed by atoms with Gasteiger partial charge in [0.05, 0.1) is 5.92 Å². The molecule has 18 heavy (non-hydrogen) atoms. The molecule has 2 heterocycles. The number of benzene rings is 1. The van der Waals surface area contributed by atoms with Crippen LogP contribution in [-0.2, 0) is 4.79 Å². The Balaban J connectivity index is 1.87. The van der Waals surface area contributed by atoms with Crippen LogP contribution in [0.5, 0.6) is 0 Å². The molecule has 1 aliphatic rings. The summed E-state index contributed by atoms with van der Waals surface area (Å²) in [6.45, 7) is 0.504. The maximum atomic E-state index is 13.1. The Labute approximate surface area is 102 Å². The fraction of sp³-hybridized carbons (Fsp3) is 0.250. The molecule has 0 unspecified atom stereocenters. The van der Waals surface area contributed by atoms with Gasteiger partial charge in [-0.2, -0.15) is 4.98 Å². The zero-order valence-corrected chi connectivity index (χ0v) is 9.39. The molecule has 5 nitrogen and oxygen atoms in total. The van der Waals surface area contributed by atoms with Crippen LogP contribution in [0.15, 0.2) is 28.8 Å². The number of halogens is 1. The van der Waals surface area contributed by atoms with E-state index in [1.54, 1.807) is 12.1 Å². The lowest BCUT2D eigenvalue weighted by Gasteiger charge is -1.97. The van der Waals surface area contributed by atoms with Crippen molar-refractivity contribution in [2.45, 2.75) is 12.3 Å². The second kappa shape index (κ2) is 4.21. The average molecular weight is 247 g/mol. The van der Waals surface area contributed by atoms with Crippen LogP contribution in [-0.4, -0.2) is 22.6 Å². The van der Waals surface area contributed by atoms with Crippen molar-refractivity contribution in [3.63, 3.8) is 0 Å². The Hall–Kier alpha value is -2.24. The maximum Gasteiger partial charge on any atom is 0.232 e. The minimum Gasteiger partial charge on any atom is -0.355 e. The number of amides is 1. The van der Waals surface area contributed by atoms with Crippen molar-refractivity contribution in [3.05, 3.63) is 36.0 Å². The van der Waals surface area contributed by atoms with Gasteiger partial charge in [-0.05, 0) is 12.1 Å². The summed E-state index contributed by atoms with van der Waals surface area (Å²) in [6, 6.07) is 5.98. The first-order valence-electron chi connectivity index (χ1n) is 5.58. The number of rotatable bonds is 2. The van der Waals surface area contributed by atoms with Gasteiger partial charge in [0, 0.05) is 18.5 Å². The van der Waals surface area contributed by atoms with Gasteiger partial charge in [0.1, 0.15) is 5.82 Å². The molecule has 0 spiro atoms. The molecule has 0 aliphatic carbocycles. The Bertz CT molecular complexity index is 597. The smallest absolute Gasteiger partial charge is 0.232 e. The molecule has 1 fully saturated rings. The fourth-order valence-electron chi connectivity index (χ4n) is 1.93. The highest BCUT2D eigenvalue weighted by Crippen LogP contribution is 2.24. The molecule has 0 radical (unpaired) electrons. The van der Waals surface area contributed by atoms with E-state index in [0.29, 0.717) is 30.2 Å². The summed E-state index contributed by atoms with van der Waals surface area (Å²) in [7, 11) is 0. The standard InChI is InChI=1S/C12H10FN3O2/c13-9-3-1-2-7(4-9)11-15-12(18-16-11)8-5-10(17)14-6-8/h1-4,8H,5-6H2,(H,14,17)/t8-/m0/s1. The minimum atomic E-state index is -0.350. The van der Waals surface area contributed by atoms with Crippen molar-refractivity contribution in [2.75, 3.05) is 6.54 Å². The quantitative estimate of drug-likeness (QED) is 0.872. The average Bonchev–Trinajstić information content (AvgIpc) is 2.97. The molecule has 1 aromatic carbocycles. The molecule has 92 valence electrons. The summed E-state index contributed by atoms with van der Waals surface area (Å²) in [5.41, 5.74) is 0.558. The number of nitrogens with zero attached hydrogens (tertiary/aromatic N) is 2. The van der Waals surface area contributed by atoms with Gasteiger partial charge in [0.2, 0.25) is 17.6 Å². The summed E-state index contributed by atoms with van der Waals surface area (Å²) < 4.78 is 18.2. The molecular weight excluding hydrogens is 237 g/mol. The van der Waals surface area contributed by atoms with Crippen LogP contribution in [0.1, 0.15) is 18.2 Å². The molecular formula is C12H10FN3O2. The van der Waals surface area contributed by atoms with E-state index in [2.05, 4.69) is 15.5 Å². The first-order chi connectivity index (χ1) is 8.72. The minimum absolute atomic E-state index is 0.0227. The molecule has 0 bridgehead atoms. The van der Waals surface area contributed by atoms with E-state index < -0.39 is 0 Å². The SMILES string of the molecule is O=C1C[C@H](c2nc(-c3cccc(F)c3)no2)CN1. The molecule has 1 N–H and O–H groups in total. The van der Waals surface area contributed by atoms with Crippen LogP contribution < -0.4 is 5.32 Å². The molecule has 0 saturated carbocycles. The van der Waals surface area contributed by atoms with Gasteiger partial charge in [-0.15, -0.1) is 0 Å². The number of nitrogens with one attached hydrogen (secondary N) is 1. The lowest BCUT2D eigenvalue weighted by atomic mass is 10.1. The third-order valence-electron chi connectivity index (χ3n) is 2.85. The third kappa shape index (κ3) is 1.97. The Morgan fingerprint density at radius 3 is 3.06 bits per heavy atom. The highest BCUT2D eigenvalue weighted by molar-refractivity contribution is 5.79. The predicted molar refractivity (Wildman–Crippen MR) is 60.1 cm³/mol. The van der Waals surface area contributed by atoms with E-state index in [1.165, 1.54) is 12.1 Å². The largest absolute Gasteiger partial charge is 0.355 e. The van der Waals surface area contributed by atoms with Crippen LogP contribution in [0.2, 0.25) is 0 Å². The third-order valence-corrected chi connectivity index (χ3v) is 2.85. The van der Waals surface area contributed by atoms with Gasteiger partial charge in [-0.25, -0.2) is 4.39 Å². The van der Waals surface area contributed by atoms with E-state index in [4.69, 9.17) is 4.52 Å². The molecule has 6 heteroatoms. The summed E-state index contributed by atoms with van der Waals surface area (Å²) in [5, 5.41) is 6.50. The zero-order valence-electron chi connectivity index (χ0n) is 9.39. The second-order valence-corrected chi connectivity index (χ2v) is 4.17. The summed E-state index contributed by atoms with van der Waals surface area (Å²) in [5.74, 6) is 0.283. The Kier molecular flexibility index (Phi) is 2.55. The van der Waals surface area contributed by atoms with Gasteiger partial charge in [-0.3, -0.25) is 4.79 Å².